The molecule has 9 aromatic rings. The van der Waals surface area contributed by atoms with Crippen LogP contribution in [0.4, 0.5) is 34.1 Å². The van der Waals surface area contributed by atoms with Crippen molar-refractivity contribution in [2.24, 2.45) is 0 Å². The van der Waals surface area contributed by atoms with Gasteiger partial charge in [0.05, 0.1) is 0 Å². The average molecular weight is 789 g/mol. The van der Waals surface area contributed by atoms with Crippen LogP contribution >= 0.6 is 0 Å². The third-order valence-electron chi connectivity index (χ3n) is 14.0. The Morgan fingerprint density at radius 1 is 0.323 bits per heavy atom. The predicted octanol–water partition coefficient (Wildman–Crippen LogP) is 10.9. The van der Waals surface area contributed by atoms with Crippen LogP contribution in [0.2, 0.25) is 0 Å². The largest absolute Gasteiger partial charge is 0.311 e. The Kier molecular flexibility index (Phi) is 7.50. The first-order valence-electron chi connectivity index (χ1n) is 22.0. The van der Waals surface area contributed by atoms with E-state index in [0.29, 0.717) is 0 Å². The van der Waals surface area contributed by atoms with Crippen molar-refractivity contribution in [3.05, 3.63) is 206 Å². The summed E-state index contributed by atoms with van der Waals surface area (Å²) in [6.45, 7) is 7.03. The van der Waals surface area contributed by atoms with E-state index in [2.05, 4.69) is 231 Å². The molecular weight excluding hydrogens is 746 g/mol. The zero-order valence-electron chi connectivity index (χ0n) is 35.1. The zero-order chi connectivity index (χ0) is 41.3. The van der Waals surface area contributed by atoms with Crippen LogP contribution in [0.15, 0.2) is 200 Å². The van der Waals surface area contributed by atoms with Gasteiger partial charge >= 0.3 is 0 Å². The third kappa shape index (κ3) is 5.07. The molecule has 4 aliphatic rings. The molecule has 0 aromatic heterocycles. The summed E-state index contributed by atoms with van der Waals surface area (Å²) in [5.41, 5.74) is 27.2. The molecule has 9 aromatic carbocycles. The third-order valence-corrected chi connectivity index (χ3v) is 14.0. The van der Waals surface area contributed by atoms with E-state index in [1.165, 1.54) is 117 Å². The molecule has 0 saturated carbocycles. The smallest absolute Gasteiger partial charge is 0.248 e. The molecular formula is C58H42B2N2. The first-order valence-corrected chi connectivity index (χ1v) is 22.0. The Balaban J connectivity index is 1.11. The van der Waals surface area contributed by atoms with Gasteiger partial charge in [-0.2, -0.15) is 0 Å². The minimum Gasteiger partial charge on any atom is -0.311 e. The summed E-state index contributed by atoms with van der Waals surface area (Å²) in [7, 11) is 0. The highest BCUT2D eigenvalue weighted by molar-refractivity contribution is 7.03. The number of para-hydroxylation sites is 2. The van der Waals surface area contributed by atoms with E-state index in [4.69, 9.17) is 0 Å². The first-order chi connectivity index (χ1) is 30.4. The standard InChI is InChI=1S/C58H42B2N2/c1-58(2,3)41-29-27-38(28-30-41)40-32-47-45-24-14-16-26-49(45)60-51-35-52-50(36-53(51)62(55(34-40)57(47)60)43-21-11-6-12-22-43)59-48-25-15-13-23-44(48)46-31-39(37-17-7-4-8-18-37)33-54(56(46)59)61(52)42-19-9-5-10-20-42/h4-36H,1-3H3. The van der Waals surface area contributed by atoms with Crippen LogP contribution < -0.4 is 42.6 Å². The molecule has 13 rings (SSSR count). The molecule has 0 saturated heterocycles. The quantitative estimate of drug-likeness (QED) is 0.164. The molecule has 62 heavy (non-hydrogen) atoms. The normalized spacial score (nSPS) is 13.6. The van der Waals surface area contributed by atoms with Gasteiger partial charge in [-0.1, -0.05) is 171 Å². The molecule has 0 N–H and O–H groups in total. The number of hydrogen-bond donors (Lipinski definition) is 0. The monoisotopic (exact) mass is 788 g/mol. The van der Waals surface area contributed by atoms with Crippen LogP contribution in [-0.4, -0.2) is 13.4 Å². The lowest BCUT2D eigenvalue weighted by Crippen LogP contribution is -2.58. The van der Waals surface area contributed by atoms with Gasteiger partial charge in [0.2, 0.25) is 13.4 Å². The maximum atomic E-state index is 2.58. The van der Waals surface area contributed by atoms with Crippen LogP contribution in [0.5, 0.6) is 0 Å². The molecule has 2 nitrogen and oxygen atoms in total. The SMILES string of the molecule is CC(C)(C)c1ccc(-c2cc3c4c(c2)N(c2ccccc2)c2cc5c(cc2B4c2ccccc2-3)N(c2ccccc2)c2cc(-c3ccccc3)cc3c2B5c2ccccc2-3)cc1. The van der Waals surface area contributed by atoms with Gasteiger partial charge in [-0.3, -0.25) is 0 Å². The summed E-state index contributed by atoms with van der Waals surface area (Å²) in [6, 6.07) is 75.5. The Bertz CT molecular complexity index is 3280. The van der Waals surface area contributed by atoms with Gasteiger partial charge in [0.15, 0.2) is 0 Å². The fourth-order valence-electron chi connectivity index (χ4n) is 11.2. The number of rotatable bonds is 4. The summed E-state index contributed by atoms with van der Waals surface area (Å²) in [6.07, 6.45) is 0. The number of anilines is 6. The van der Waals surface area contributed by atoms with Crippen LogP contribution in [0.1, 0.15) is 26.3 Å². The van der Waals surface area contributed by atoms with E-state index in [0.717, 1.165) is 0 Å². The summed E-state index contributed by atoms with van der Waals surface area (Å²) in [5.74, 6) is 0. The molecule has 4 aliphatic heterocycles. The Labute approximate surface area is 364 Å². The van der Waals surface area contributed by atoms with Crippen molar-refractivity contribution in [1.29, 1.82) is 0 Å². The summed E-state index contributed by atoms with van der Waals surface area (Å²) in [5, 5.41) is 0. The molecule has 4 heterocycles. The number of nitrogens with zero attached hydrogens (tertiary/aromatic N) is 2. The van der Waals surface area contributed by atoms with Crippen molar-refractivity contribution in [2.75, 3.05) is 9.80 Å². The number of benzene rings is 9. The van der Waals surface area contributed by atoms with Crippen molar-refractivity contribution in [3.63, 3.8) is 0 Å². The van der Waals surface area contributed by atoms with E-state index >= 15 is 0 Å². The fraction of sp³-hybridized carbons (Fsp3) is 0.0690. The highest BCUT2D eigenvalue weighted by Crippen LogP contribution is 2.47. The van der Waals surface area contributed by atoms with Crippen LogP contribution in [0, 0.1) is 0 Å². The van der Waals surface area contributed by atoms with Gasteiger partial charge in [0, 0.05) is 34.1 Å². The van der Waals surface area contributed by atoms with Gasteiger partial charge in [-0.15, -0.1) is 0 Å². The Morgan fingerprint density at radius 2 is 0.726 bits per heavy atom. The maximum Gasteiger partial charge on any atom is 0.248 e. The predicted molar refractivity (Wildman–Crippen MR) is 266 cm³/mol. The van der Waals surface area contributed by atoms with Crippen molar-refractivity contribution < 1.29 is 0 Å². The highest BCUT2D eigenvalue weighted by Gasteiger charge is 2.47. The minimum absolute atomic E-state index is 0.0786. The summed E-state index contributed by atoms with van der Waals surface area (Å²) >= 11 is 0. The molecule has 0 aliphatic carbocycles. The lowest BCUT2D eigenvalue weighted by molar-refractivity contribution is 0.590. The van der Waals surface area contributed by atoms with Crippen molar-refractivity contribution in [1.82, 2.24) is 0 Å². The van der Waals surface area contributed by atoms with Crippen molar-refractivity contribution in [3.8, 4) is 44.5 Å². The Hall–Kier alpha value is -7.29. The summed E-state index contributed by atoms with van der Waals surface area (Å²) in [4.78, 5) is 5.14. The molecule has 0 fully saturated rings. The molecule has 0 amide bonds. The summed E-state index contributed by atoms with van der Waals surface area (Å²) < 4.78 is 0. The van der Waals surface area contributed by atoms with Crippen molar-refractivity contribution in [2.45, 2.75) is 26.2 Å². The van der Waals surface area contributed by atoms with Gasteiger partial charge in [-0.05, 0) is 138 Å². The maximum absolute atomic E-state index is 2.58. The van der Waals surface area contributed by atoms with Crippen LogP contribution in [-0.2, 0) is 5.41 Å². The molecule has 0 unspecified atom stereocenters. The van der Waals surface area contributed by atoms with Crippen LogP contribution in [0.25, 0.3) is 44.5 Å². The van der Waals surface area contributed by atoms with E-state index < -0.39 is 0 Å². The van der Waals surface area contributed by atoms with Gasteiger partial charge < -0.3 is 9.80 Å². The van der Waals surface area contributed by atoms with Gasteiger partial charge in [-0.25, -0.2) is 0 Å². The van der Waals surface area contributed by atoms with Crippen molar-refractivity contribution >= 4 is 80.3 Å². The average Bonchev–Trinajstić information content (AvgIpc) is 3.83. The molecule has 4 heteroatoms. The molecule has 0 spiro atoms. The second-order valence-electron chi connectivity index (χ2n) is 18.5. The molecule has 0 atom stereocenters. The first kappa shape index (κ1) is 35.5. The molecule has 0 radical (unpaired) electrons. The second-order valence-corrected chi connectivity index (χ2v) is 18.5. The minimum atomic E-state index is 0.0786. The second kappa shape index (κ2) is 13.1. The topological polar surface area (TPSA) is 6.48 Å². The number of fused-ring (bicyclic) bond motifs is 10. The molecule has 290 valence electrons. The number of hydrogen-bond acceptors (Lipinski definition) is 2. The molecule has 0 bridgehead atoms. The van der Waals surface area contributed by atoms with E-state index in [-0.39, 0.29) is 18.8 Å². The van der Waals surface area contributed by atoms with E-state index in [1.54, 1.807) is 0 Å². The fourth-order valence-corrected chi connectivity index (χ4v) is 11.2. The highest BCUT2D eigenvalue weighted by atomic mass is 15.2. The lowest BCUT2D eigenvalue weighted by atomic mass is 9.34. The van der Waals surface area contributed by atoms with Gasteiger partial charge in [0.25, 0.3) is 0 Å². The van der Waals surface area contributed by atoms with Gasteiger partial charge in [0.1, 0.15) is 0 Å². The Morgan fingerprint density at radius 3 is 1.18 bits per heavy atom. The lowest BCUT2D eigenvalue weighted by Gasteiger charge is -2.41. The van der Waals surface area contributed by atoms with Crippen LogP contribution in [0.3, 0.4) is 0 Å². The van der Waals surface area contributed by atoms with E-state index in [9.17, 15) is 0 Å². The van der Waals surface area contributed by atoms with E-state index in [1.807, 2.05) is 0 Å². The zero-order valence-corrected chi connectivity index (χ0v) is 35.1.